The molecule has 6 nitrogen and oxygen atoms in total. The first kappa shape index (κ1) is 29.3. The van der Waals surface area contributed by atoms with Crippen molar-refractivity contribution < 1.29 is 19.1 Å². The van der Waals surface area contributed by atoms with Crippen molar-refractivity contribution in [2.75, 3.05) is 0 Å². The summed E-state index contributed by atoms with van der Waals surface area (Å²) in [5.41, 5.74) is 2.33. The lowest BCUT2D eigenvalue weighted by Crippen LogP contribution is -2.25. The second-order valence-corrected chi connectivity index (χ2v) is 10.3. The molecule has 0 saturated heterocycles. The van der Waals surface area contributed by atoms with Crippen molar-refractivity contribution >= 4 is 23.5 Å². The van der Waals surface area contributed by atoms with Crippen LogP contribution in [-0.4, -0.2) is 27.3 Å². The van der Waals surface area contributed by atoms with Crippen LogP contribution in [0.5, 0.6) is 11.5 Å². The number of esters is 2. The molecular formula is C31H37ClN2O4. The molecule has 0 radical (unpaired) electrons. The van der Waals surface area contributed by atoms with Crippen LogP contribution < -0.4 is 9.47 Å². The fraction of sp³-hybridized carbons (Fsp3) is 0.419. The van der Waals surface area contributed by atoms with E-state index >= 15 is 0 Å². The Morgan fingerprint density at radius 2 is 1.34 bits per heavy atom. The molecule has 1 atom stereocenters. The van der Waals surface area contributed by atoms with Crippen LogP contribution in [0.3, 0.4) is 0 Å². The number of aryl methyl sites for hydroxylation is 1. The third-order valence-electron chi connectivity index (χ3n) is 6.22. The summed E-state index contributed by atoms with van der Waals surface area (Å²) in [5, 5.41) is -0.735. The topological polar surface area (TPSA) is 78.4 Å². The highest BCUT2D eigenvalue weighted by atomic mass is 35.5. The first-order chi connectivity index (χ1) is 18.4. The molecule has 1 unspecified atom stereocenters. The van der Waals surface area contributed by atoms with Gasteiger partial charge in [0.1, 0.15) is 16.9 Å². The number of carbonyl (C=O) groups excluding carboxylic acids is 2. The molecular weight excluding hydrogens is 500 g/mol. The van der Waals surface area contributed by atoms with Gasteiger partial charge in [0.25, 0.3) is 0 Å². The zero-order valence-corrected chi connectivity index (χ0v) is 23.2. The number of unbranched alkanes of at least 4 members (excludes halogenated alkanes) is 6. The molecule has 0 saturated carbocycles. The molecule has 0 aliphatic heterocycles. The number of alkyl halides is 1. The Kier molecular flexibility index (Phi) is 11.7. The van der Waals surface area contributed by atoms with E-state index in [9.17, 15) is 9.59 Å². The lowest BCUT2D eigenvalue weighted by molar-refractivity contribution is -0.134. The van der Waals surface area contributed by atoms with Crippen molar-refractivity contribution in [1.82, 2.24) is 9.97 Å². The van der Waals surface area contributed by atoms with Crippen LogP contribution in [0, 0.1) is 5.92 Å². The molecule has 2 aromatic carbocycles. The fourth-order valence-corrected chi connectivity index (χ4v) is 3.91. The molecule has 0 amide bonds. The van der Waals surface area contributed by atoms with Crippen LogP contribution in [0.2, 0.25) is 0 Å². The maximum Gasteiger partial charge on any atom is 0.343 e. The summed E-state index contributed by atoms with van der Waals surface area (Å²) in [6, 6.07) is 13.2. The summed E-state index contributed by atoms with van der Waals surface area (Å²) in [7, 11) is 0. The lowest BCUT2D eigenvalue weighted by Gasteiger charge is -2.12. The van der Waals surface area contributed by atoms with Crippen molar-refractivity contribution in [3.8, 4) is 22.9 Å². The van der Waals surface area contributed by atoms with Crippen LogP contribution in [0.4, 0.5) is 0 Å². The molecule has 0 aliphatic carbocycles. The van der Waals surface area contributed by atoms with E-state index in [1.54, 1.807) is 24.3 Å². The van der Waals surface area contributed by atoms with Gasteiger partial charge in [-0.25, -0.2) is 14.8 Å². The maximum atomic E-state index is 12.5. The van der Waals surface area contributed by atoms with Gasteiger partial charge >= 0.3 is 11.9 Å². The molecule has 1 aromatic heterocycles. The molecule has 0 fully saturated rings. The molecule has 0 aliphatic rings. The van der Waals surface area contributed by atoms with Gasteiger partial charge in [0, 0.05) is 18.0 Å². The Bertz CT molecular complexity index is 1150. The Morgan fingerprint density at radius 3 is 1.95 bits per heavy atom. The van der Waals surface area contributed by atoms with Crippen molar-refractivity contribution in [3.63, 3.8) is 0 Å². The Morgan fingerprint density at radius 1 is 0.789 bits per heavy atom. The number of hydrogen-bond donors (Lipinski definition) is 0. The highest BCUT2D eigenvalue weighted by Gasteiger charge is 2.21. The van der Waals surface area contributed by atoms with Crippen LogP contribution in [0.1, 0.15) is 81.6 Å². The van der Waals surface area contributed by atoms with Gasteiger partial charge in [0.15, 0.2) is 5.82 Å². The summed E-state index contributed by atoms with van der Waals surface area (Å²) in [6.07, 6.45) is 13.8. The zero-order chi connectivity index (χ0) is 27.3. The van der Waals surface area contributed by atoms with E-state index in [-0.39, 0.29) is 5.92 Å². The fourth-order valence-electron chi connectivity index (χ4n) is 3.86. The number of carbonyl (C=O) groups is 2. The van der Waals surface area contributed by atoms with Crippen LogP contribution in [0.15, 0.2) is 60.9 Å². The Hall–Kier alpha value is -3.25. The number of ether oxygens (including phenoxy) is 2. The van der Waals surface area contributed by atoms with Gasteiger partial charge in [0.05, 0.1) is 5.56 Å². The highest BCUT2D eigenvalue weighted by molar-refractivity contribution is 6.30. The molecule has 202 valence electrons. The Balaban J connectivity index is 1.47. The predicted octanol–water partition coefficient (Wildman–Crippen LogP) is 7.82. The summed E-state index contributed by atoms with van der Waals surface area (Å²) < 4.78 is 10.7. The Labute approximate surface area is 230 Å². The van der Waals surface area contributed by atoms with Gasteiger partial charge in [-0.05, 0) is 72.9 Å². The van der Waals surface area contributed by atoms with E-state index in [0.29, 0.717) is 22.9 Å². The second-order valence-electron chi connectivity index (χ2n) is 9.79. The van der Waals surface area contributed by atoms with Crippen LogP contribution in [0.25, 0.3) is 11.4 Å². The van der Waals surface area contributed by atoms with Gasteiger partial charge in [0.2, 0.25) is 0 Å². The van der Waals surface area contributed by atoms with Crippen molar-refractivity contribution in [1.29, 1.82) is 0 Å². The quantitative estimate of drug-likeness (QED) is 0.0904. The van der Waals surface area contributed by atoms with E-state index in [4.69, 9.17) is 21.1 Å². The minimum atomic E-state index is -0.735. The lowest BCUT2D eigenvalue weighted by atomic mass is 10.1. The largest absolute Gasteiger partial charge is 0.425 e. The van der Waals surface area contributed by atoms with Crippen LogP contribution in [-0.2, 0) is 11.2 Å². The first-order valence-corrected chi connectivity index (χ1v) is 13.9. The summed E-state index contributed by atoms with van der Waals surface area (Å²) in [6.45, 7) is 5.92. The molecule has 1 heterocycles. The molecule has 3 rings (SSSR count). The first-order valence-electron chi connectivity index (χ1n) is 13.5. The number of hydrogen-bond acceptors (Lipinski definition) is 6. The summed E-state index contributed by atoms with van der Waals surface area (Å²) in [5.74, 6) is 0.272. The average molecular weight is 537 g/mol. The minimum absolute atomic E-state index is 0.0459. The number of nitrogens with zero attached hydrogens (tertiary/aromatic N) is 2. The van der Waals surface area contributed by atoms with Gasteiger partial charge in [-0.1, -0.05) is 59.3 Å². The van der Waals surface area contributed by atoms with E-state index < -0.39 is 17.3 Å². The van der Waals surface area contributed by atoms with Crippen molar-refractivity contribution in [3.05, 3.63) is 72.1 Å². The molecule has 0 N–H and O–H groups in total. The molecule has 7 heteroatoms. The number of benzene rings is 2. The van der Waals surface area contributed by atoms with Gasteiger partial charge < -0.3 is 9.47 Å². The van der Waals surface area contributed by atoms with Crippen molar-refractivity contribution in [2.45, 2.75) is 77.5 Å². The third-order valence-corrected chi connectivity index (χ3v) is 6.90. The smallest absolute Gasteiger partial charge is 0.343 e. The molecule has 3 aromatic rings. The van der Waals surface area contributed by atoms with E-state index in [2.05, 4.69) is 16.9 Å². The summed E-state index contributed by atoms with van der Waals surface area (Å²) >= 11 is 6.03. The maximum absolute atomic E-state index is 12.5. The van der Waals surface area contributed by atoms with Crippen LogP contribution >= 0.6 is 11.6 Å². The van der Waals surface area contributed by atoms with Gasteiger partial charge in [-0.15, -0.1) is 11.6 Å². The molecule has 38 heavy (non-hydrogen) atoms. The minimum Gasteiger partial charge on any atom is -0.425 e. The van der Waals surface area contributed by atoms with Gasteiger partial charge in [-0.3, -0.25) is 4.79 Å². The zero-order valence-electron chi connectivity index (χ0n) is 22.5. The molecule has 0 spiro atoms. The monoisotopic (exact) mass is 536 g/mol. The van der Waals surface area contributed by atoms with Crippen molar-refractivity contribution in [2.24, 2.45) is 5.92 Å². The normalized spacial score (nSPS) is 11.8. The number of halogens is 1. The predicted molar refractivity (Wildman–Crippen MR) is 151 cm³/mol. The van der Waals surface area contributed by atoms with E-state index in [1.165, 1.54) is 50.7 Å². The second kappa shape index (κ2) is 15.2. The van der Waals surface area contributed by atoms with E-state index in [0.717, 1.165) is 24.0 Å². The number of aromatic nitrogens is 2. The number of rotatable bonds is 14. The summed E-state index contributed by atoms with van der Waals surface area (Å²) in [4.78, 5) is 33.6. The molecule has 0 bridgehead atoms. The SMILES string of the molecule is CCCCCCCCCc1cnc(-c2ccc(OC(=O)c3ccc(OC(=O)C(Cl)C(C)C)cc3)cc2)nc1. The third kappa shape index (κ3) is 9.25. The average Bonchev–Trinajstić information content (AvgIpc) is 2.93. The van der Waals surface area contributed by atoms with E-state index in [1.807, 2.05) is 38.4 Å². The standard InChI is InChI=1S/C31H37ClN2O4/c1-4-5-6-7-8-9-10-11-23-20-33-29(34-21-23)24-12-16-26(17-13-24)37-30(35)25-14-18-27(19-15-25)38-31(36)28(32)22(2)3/h12-22,28H,4-11H2,1-3H3. The van der Waals surface area contributed by atoms with Gasteiger partial charge in [-0.2, -0.15) is 0 Å². The highest BCUT2D eigenvalue weighted by Crippen LogP contribution is 2.22.